The zero-order chi connectivity index (χ0) is 18.9. The minimum atomic E-state index is 0.317. The maximum absolute atomic E-state index is 5.92. The first-order valence-corrected chi connectivity index (χ1v) is 9.45. The van der Waals surface area contributed by atoms with E-state index < -0.39 is 0 Å². The predicted molar refractivity (Wildman–Crippen MR) is 112 cm³/mol. The molecule has 0 radical (unpaired) electrons. The fraction of sp³-hybridized carbons (Fsp3) is 0.250. The normalized spacial score (nSPS) is 11.1. The summed E-state index contributed by atoms with van der Waals surface area (Å²) in [5.74, 6) is 1.20. The quantitative estimate of drug-likeness (QED) is 0.619. The summed E-state index contributed by atoms with van der Waals surface area (Å²) in [6.45, 7) is 3.31. The van der Waals surface area contributed by atoms with Gasteiger partial charge in [0.15, 0.2) is 0 Å². The van der Waals surface area contributed by atoms with Crippen LogP contribution in [0.1, 0.15) is 22.6 Å². The third kappa shape index (κ3) is 5.43. The van der Waals surface area contributed by atoms with Crippen molar-refractivity contribution >= 4 is 0 Å². The van der Waals surface area contributed by atoms with Gasteiger partial charge in [0.2, 0.25) is 0 Å². The van der Waals surface area contributed by atoms with Crippen LogP contribution in [0.15, 0.2) is 84.9 Å². The summed E-state index contributed by atoms with van der Waals surface area (Å²) in [6, 6.07) is 29.7. The van der Waals surface area contributed by atoms with Gasteiger partial charge in [0, 0.05) is 32.1 Å². The van der Waals surface area contributed by atoms with Crippen LogP contribution in [-0.4, -0.2) is 31.6 Å². The lowest BCUT2D eigenvalue weighted by Crippen LogP contribution is -2.33. The monoisotopic (exact) mass is 360 g/mol. The molecule has 0 saturated carbocycles. The van der Waals surface area contributed by atoms with Crippen LogP contribution in [0.3, 0.4) is 0 Å². The molecule has 0 amide bonds. The molecule has 3 rings (SSSR count). The highest BCUT2D eigenvalue weighted by Gasteiger charge is 2.18. The summed E-state index contributed by atoms with van der Waals surface area (Å²) in [5, 5.41) is 0. The van der Waals surface area contributed by atoms with E-state index in [4.69, 9.17) is 10.5 Å². The van der Waals surface area contributed by atoms with Crippen molar-refractivity contribution in [1.82, 2.24) is 4.90 Å². The van der Waals surface area contributed by atoms with Crippen molar-refractivity contribution in [2.24, 2.45) is 5.73 Å². The lowest BCUT2D eigenvalue weighted by atomic mass is 9.90. The van der Waals surface area contributed by atoms with E-state index in [0.717, 1.165) is 25.4 Å². The van der Waals surface area contributed by atoms with Gasteiger partial charge in [-0.05, 0) is 28.8 Å². The van der Waals surface area contributed by atoms with Crippen LogP contribution >= 0.6 is 0 Å². The molecule has 140 valence electrons. The molecule has 0 atom stereocenters. The van der Waals surface area contributed by atoms with Crippen molar-refractivity contribution in [3.8, 4) is 5.75 Å². The van der Waals surface area contributed by atoms with E-state index in [-0.39, 0.29) is 0 Å². The summed E-state index contributed by atoms with van der Waals surface area (Å²) >= 11 is 0. The van der Waals surface area contributed by atoms with Crippen LogP contribution in [0.2, 0.25) is 0 Å². The van der Waals surface area contributed by atoms with Crippen LogP contribution in [0.4, 0.5) is 0 Å². The van der Waals surface area contributed by atoms with Gasteiger partial charge in [0.05, 0.1) is 7.11 Å². The molecule has 0 aromatic heterocycles. The Morgan fingerprint density at radius 1 is 0.815 bits per heavy atom. The molecule has 0 aliphatic rings. The molecular formula is C24H28N2O. The van der Waals surface area contributed by atoms with E-state index in [2.05, 4.69) is 77.7 Å². The fourth-order valence-corrected chi connectivity index (χ4v) is 3.44. The van der Waals surface area contributed by atoms with Crippen LogP contribution in [0.25, 0.3) is 0 Å². The highest BCUT2D eigenvalue weighted by atomic mass is 16.5. The maximum atomic E-state index is 5.92. The first-order chi connectivity index (χ1) is 13.3. The third-order valence-electron chi connectivity index (χ3n) is 4.86. The number of hydrogen-bond acceptors (Lipinski definition) is 3. The van der Waals surface area contributed by atoms with Gasteiger partial charge in [0.25, 0.3) is 0 Å². The number of nitrogens with two attached hydrogens (primary N) is 1. The molecule has 0 aliphatic carbocycles. The highest BCUT2D eigenvalue weighted by molar-refractivity contribution is 5.33. The number of rotatable bonds is 9. The molecule has 0 aliphatic heterocycles. The van der Waals surface area contributed by atoms with Crippen molar-refractivity contribution < 1.29 is 4.74 Å². The molecule has 2 N–H and O–H groups in total. The maximum Gasteiger partial charge on any atom is 0.118 e. The molecule has 3 aromatic carbocycles. The van der Waals surface area contributed by atoms with Crippen LogP contribution in [-0.2, 0) is 6.54 Å². The van der Waals surface area contributed by atoms with E-state index in [1.807, 2.05) is 12.1 Å². The lowest BCUT2D eigenvalue weighted by molar-refractivity contribution is 0.264. The Hall–Kier alpha value is -2.62. The Morgan fingerprint density at radius 2 is 1.37 bits per heavy atom. The number of nitrogens with zero attached hydrogens (tertiary/aromatic N) is 1. The van der Waals surface area contributed by atoms with Crippen molar-refractivity contribution in [3.63, 3.8) is 0 Å². The molecule has 0 heterocycles. The standard InChI is InChI=1S/C24H28N2O/c1-27-23-14-12-20(13-15-23)18-26(17-16-25)19-24(21-8-4-2-5-9-21)22-10-6-3-7-11-22/h2-15,24H,16-19,25H2,1H3. The number of ether oxygens (including phenoxy) is 1. The Balaban J connectivity index is 1.82. The Kier molecular flexibility index (Phi) is 7.03. The molecular weight excluding hydrogens is 332 g/mol. The van der Waals surface area contributed by atoms with E-state index in [0.29, 0.717) is 12.5 Å². The topological polar surface area (TPSA) is 38.5 Å². The highest BCUT2D eigenvalue weighted by Crippen LogP contribution is 2.26. The molecule has 27 heavy (non-hydrogen) atoms. The molecule has 3 nitrogen and oxygen atoms in total. The lowest BCUT2D eigenvalue weighted by Gasteiger charge is -2.28. The fourth-order valence-electron chi connectivity index (χ4n) is 3.44. The first kappa shape index (κ1) is 19.2. The minimum Gasteiger partial charge on any atom is -0.497 e. The largest absolute Gasteiger partial charge is 0.497 e. The summed E-state index contributed by atoms with van der Waals surface area (Å²) in [6.07, 6.45) is 0. The molecule has 0 bridgehead atoms. The summed E-state index contributed by atoms with van der Waals surface area (Å²) in [5.41, 5.74) is 9.86. The van der Waals surface area contributed by atoms with Gasteiger partial charge in [-0.25, -0.2) is 0 Å². The smallest absolute Gasteiger partial charge is 0.118 e. The minimum absolute atomic E-state index is 0.317. The van der Waals surface area contributed by atoms with Gasteiger partial charge < -0.3 is 10.5 Å². The zero-order valence-electron chi connectivity index (χ0n) is 15.9. The van der Waals surface area contributed by atoms with E-state index in [9.17, 15) is 0 Å². The van der Waals surface area contributed by atoms with Gasteiger partial charge in [-0.1, -0.05) is 72.8 Å². The van der Waals surface area contributed by atoms with Crippen molar-refractivity contribution in [2.75, 3.05) is 26.7 Å². The summed E-state index contributed by atoms with van der Waals surface area (Å²) in [4.78, 5) is 2.44. The second kappa shape index (κ2) is 9.91. The van der Waals surface area contributed by atoms with Crippen molar-refractivity contribution in [3.05, 3.63) is 102 Å². The van der Waals surface area contributed by atoms with Crippen molar-refractivity contribution in [1.29, 1.82) is 0 Å². The molecule has 0 saturated heterocycles. The Labute approximate surface area is 162 Å². The SMILES string of the molecule is COc1ccc(CN(CCN)CC(c2ccccc2)c2ccccc2)cc1. The average Bonchev–Trinajstić information content (AvgIpc) is 2.74. The van der Waals surface area contributed by atoms with E-state index in [1.54, 1.807) is 7.11 Å². The zero-order valence-corrected chi connectivity index (χ0v) is 15.9. The number of benzene rings is 3. The van der Waals surface area contributed by atoms with Gasteiger partial charge in [-0.3, -0.25) is 4.90 Å². The molecule has 0 spiro atoms. The van der Waals surface area contributed by atoms with Crippen LogP contribution in [0.5, 0.6) is 5.75 Å². The summed E-state index contributed by atoms with van der Waals surface area (Å²) < 4.78 is 5.27. The predicted octanol–water partition coefficient (Wildman–Crippen LogP) is 4.29. The molecule has 0 fully saturated rings. The first-order valence-electron chi connectivity index (χ1n) is 9.45. The van der Waals surface area contributed by atoms with Gasteiger partial charge >= 0.3 is 0 Å². The molecule has 0 unspecified atom stereocenters. The second-order valence-electron chi connectivity index (χ2n) is 6.75. The van der Waals surface area contributed by atoms with E-state index >= 15 is 0 Å². The van der Waals surface area contributed by atoms with Crippen LogP contribution < -0.4 is 10.5 Å². The number of hydrogen-bond donors (Lipinski definition) is 1. The Bertz CT molecular complexity index is 748. The van der Waals surface area contributed by atoms with Gasteiger partial charge in [-0.2, -0.15) is 0 Å². The third-order valence-corrected chi connectivity index (χ3v) is 4.86. The van der Waals surface area contributed by atoms with Crippen molar-refractivity contribution in [2.45, 2.75) is 12.5 Å². The van der Waals surface area contributed by atoms with Crippen LogP contribution in [0, 0.1) is 0 Å². The average molecular weight is 361 g/mol. The molecule has 3 aromatic rings. The molecule has 3 heteroatoms. The summed E-state index contributed by atoms with van der Waals surface area (Å²) in [7, 11) is 1.69. The van der Waals surface area contributed by atoms with Gasteiger partial charge in [-0.15, -0.1) is 0 Å². The Morgan fingerprint density at radius 3 is 1.85 bits per heavy atom. The number of methoxy groups -OCH3 is 1. The van der Waals surface area contributed by atoms with E-state index in [1.165, 1.54) is 16.7 Å². The second-order valence-corrected chi connectivity index (χ2v) is 6.75. The van der Waals surface area contributed by atoms with Gasteiger partial charge in [0.1, 0.15) is 5.75 Å².